The molecule has 0 saturated carbocycles. The Labute approximate surface area is 234 Å². The lowest BCUT2D eigenvalue weighted by molar-refractivity contribution is -0.143. The highest BCUT2D eigenvalue weighted by atomic mass is 16.6. The van der Waals surface area contributed by atoms with Crippen LogP contribution in [0.3, 0.4) is 0 Å². The second-order valence-corrected chi connectivity index (χ2v) is 11.2. The number of nitrogens with zero attached hydrogens (tertiary/aromatic N) is 1. The van der Waals surface area contributed by atoms with Gasteiger partial charge in [-0.1, -0.05) is 54.6 Å². The van der Waals surface area contributed by atoms with E-state index < -0.39 is 54.4 Å². The van der Waals surface area contributed by atoms with Gasteiger partial charge in [0.1, 0.15) is 12.2 Å². The molecule has 0 radical (unpaired) electrons. The number of aryl methyl sites for hydroxylation is 2. The molecule has 7 rings (SSSR count). The second-order valence-electron chi connectivity index (χ2n) is 11.2. The van der Waals surface area contributed by atoms with E-state index in [9.17, 15) is 24.6 Å². The molecule has 2 aliphatic heterocycles. The van der Waals surface area contributed by atoms with Crippen LogP contribution in [-0.4, -0.2) is 56.6 Å². The van der Waals surface area contributed by atoms with Gasteiger partial charge in [-0.05, 0) is 57.6 Å². The Hall–Kier alpha value is -3.89. The van der Waals surface area contributed by atoms with Crippen molar-refractivity contribution >= 4 is 38.1 Å². The summed E-state index contributed by atoms with van der Waals surface area (Å²) < 4.78 is 13.1. The molecule has 6 atom stereocenters. The number of nitrogens with one attached hydrogen (secondary N) is 1. The van der Waals surface area contributed by atoms with Crippen molar-refractivity contribution in [2.24, 2.45) is 5.92 Å². The second kappa shape index (κ2) is 9.88. The molecular weight excluding hydrogens is 524 g/mol. The van der Waals surface area contributed by atoms with E-state index >= 15 is 0 Å². The molecule has 3 N–H and O–H groups in total. The highest BCUT2D eigenvalue weighted by Gasteiger charge is 2.58. The number of hydrogen-bond donors (Lipinski definition) is 3. The minimum atomic E-state index is -1.19. The van der Waals surface area contributed by atoms with Crippen LogP contribution < -0.4 is 11.2 Å². The summed E-state index contributed by atoms with van der Waals surface area (Å²) in [5.41, 5.74) is 0.263. The maximum atomic E-state index is 13.3. The molecule has 0 aliphatic carbocycles. The third-order valence-corrected chi connectivity index (χ3v) is 8.82. The van der Waals surface area contributed by atoms with Crippen LogP contribution in [0.2, 0.25) is 0 Å². The molecule has 1 unspecified atom stereocenters. The first-order valence-electron chi connectivity index (χ1n) is 14.0. The summed E-state index contributed by atoms with van der Waals surface area (Å²) in [4.78, 5) is 39.9. The number of aromatic nitrogens is 2. The number of carbonyl (C=O) groups is 1. The van der Waals surface area contributed by atoms with Crippen molar-refractivity contribution in [3.8, 4) is 0 Å². The average Bonchev–Trinajstić information content (AvgIpc) is 3.51. The fourth-order valence-electron chi connectivity index (χ4n) is 6.81. The van der Waals surface area contributed by atoms with E-state index in [2.05, 4.69) is 59.6 Å². The first-order chi connectivity index (χ1) is 19.9. The fourth-order valence-corrected chi connectivity index (χ4v) is 6.81. The van der Waals surface area contributed by atoms with Crippen LogP contribution in [0.5, 0.6) is 0 Å². The number of aliphatic hydroxyl groups is 2. The number of carbonyl (C=O) groups excluding carboxylic acids is 1. The normalized spacial score (nSPS) is 25.9. The SMILES string of the molecule is Cc1cn([C@@H]2O[C@H](CO)C3[C@@H](O)[C@H](C(=O)CCCc4ccc5ccc6cccc7ccc4c5c67)O[C@@H]32)c(=O)[nH]c1=O. The molecule has 0 bridgehead atoms. The fraction of sp³-hybridized carbons (Fsp3) is 0.344. The van der Waals surface area contributed by atoms with Crippen molar-refractivity contribution < 1.29 is 24.5 Å². The summed E-state index contributed by atoms with van der Waals surface area (Å²) in [7, 11) is 0. The summed E-state index contributed by atoms with van der Waals surface area (Å²) in [6, 6.07) is 19.2. The Morgan fingerprint density at radius 3 is 2.44 bits per heavy atom. The van der Waals surface area contributed by atoms with Crippen LogP contribution in [-0.2, 0) is 20.7 Å². The van der Waals surface area contributed by atoms with Gasteiger partial charge in [-0.15, -0.1) is 0 Å². The number of aromatic amines is 1. The van der Waals surface area contributed by atoms with Crippen molar-refractivity contribution in [2.45, 2.75) is 56.8 Å². The lowest BCUT2D eigenvalue weighted by atomic mass is 9.89. The van der Waals surface area contributed by atoms with Gasteiger partial charge < -0.3 is 19.7 Å². The van der Waals surface area contributed by atoms with E-state index in [4.69, 9.17) is 9.47 Å². The molecule has 2 fully saturated rings. The smallest absolute Gasteiger partial charge is 0.330 e. The quantitative estimate of drug-likeness (QED) is 0.264. The summed E-state index contributed by atoms with van der Waals surface area (Å²) in [6.07, 6.45) is -2.11. The molecule has 3 heterocycles. The van der Waals surface area contributed by atoms with Crippen molar-refractivity contribution in [2.75, 3.05) is 6.61 Å². The average molecular weight is 555 g/mol. The molecule has 4 aromatic carbocycles. The van der Waals surface area contributed by atoms with E-state index in [1.54, 1.807) is 6.92 Å². The molecule has 9 heteroatoms. The number of fused-ring (bicyclic) bond motifs is 1. The Morgan fingerprint density at radius 1 is 0.976 bits per heavy atom. The highest BCUT2D eigenvalue weighted by Crippen LogP contribution is 2.44. The molecule has 41 heavy (non-hydrogen) atoms. The van der Waals surface area contributed by atoms with Crippen LogP contribution in [0, 0.1) is 12.8 Å². The van der Waals surface area contributed by atoms with Crippen LogP contribution in [0.25, 0.3) is 32.3 Å². The number of ketones is 1. The largest absolute Gasteiger partial charge is 0.394 e. The Morgan fingerprint density at radius 2 is 1.68 bits per heavy atom. The Kier molecular flexibility index (Phi) is 6.28. The number of rotatable bonds is 7. The zero-order valence-corrected chi connectivity index (χ0v) is 22.4. The molecule has 210 valence electrons. The molecular formula is C32H30N2O7. The van der Waals surface area contributed by atoms with Crippen LogP contribution in [0.4, 0.5) is 0 Å². The first kappa shape index (κ1) is 26.0. The molecule has 0 spiro atoms. The van der Waals surface area contributed by atoms with Crippen molar-refractivity contribution in [3.05, 3.63) is 92.8 Å². The van der Waals surface area contributed by atoms with Gasteiger partial charge in [0.15, 0.2) is 12.0 Å². The lowest BCUT2D eigenvalue weighted by Gasteiger charge is -2.22. The van der Waals surface area contributed by atoms with Gasteiger partial charge in [0.05, 0.1) is 18.8 Å². The summed E-state index contributed by atoms with van der Waals surface area (Å²) in [5, 5.41) is 28.3. The third-order valence-electron chi connectivity index (χ3n) is 8.82. The zero-order valence-electron chi connectivity index (χ0n) is 22.4. The predicted molar refractivity (Wildman–Crippen MR) is 153 cm³/mol. The number of benzene rings is 4. The van der Waals surface area contributed by atoms with Crippen molar-refractivity contribution in [1.29, 1.82) is 0 Å². The van der Waals surface area contributed by atoms with E-state index in [1.165, 1.54) is 43.1 Å². The third kappa shape index (κ3) is 4.11. The van der Waals surface area contributed by atoms with Gasteiger partial charge in [0.25, 0.3) is 5.56 Å². The maximum Gasteiger partial charge on any atom is 0.330 e. The van der Waals surface area contributed by atoms with Gasteiger partial charge in [-0.25, -0.2) is 4.79 Å². The molecule has 2 aliphatic rings. The number of Topliss-reactive ketones (excluding diaryl/α,β-unsaturated/α-hetero) is 1. The summed E-state index contributed by atoms with van der Waals surface area (Å²) in [6.45, 7) is 1.15. The van der Waals surface area contributed by atoms with Gasteiger partial charge >= 0.3 is 5.69 Å². The monoisotopic (exact) mass is 554 g/mol. The number of H-pyrrole nitrogens is 1. The van der Waals surface area contributed by atoms with Gasteiger partial charge in [-0.3, -0.25) is 19.1 Å². The first-order valence-corrected chi connectivity index (χ1v) is 14.0. The maximum absolute atomic E-state index is 13.3. The number of aliphatic hydroxyl groups excluding tert-OH is 2. The van der Waals surface area contributed by atoms with Crippen LogP contribution in [0.15, 0.2) is 70.4 Å². The molecule has 9 nitrogen and oxygen atoms in total. The van der Waals surface area contributed by atoms with Gasteiger partial charge in [0.2, 0.25) is 0 Å². The highest BCUT2D eigenvalue weighted by molar-refractivity contribution is 6.23. The Bertz CT molecular complexity index is 1890. The van der Waals surface area contributed by atoms with E-state index in [1.807, 2.05) is 0 Å². The summed E-state index contributed by atoms with van der Waals surface area (Å²) in [5.74, 6) is -0.930. The number of hydrogen-bond acceptors (Lipinski definition) is 7. The van der Waals surface area contributed by atoms with Gasteiger partial charge in [0, 0.05) is 24.1 Å². The lowest BCUT2D eigenvalue weighted by Crippen LogP contribution is -2.39. The molecule has 5 aromatic rings. The van der Waals surface area contributed by atoms with E-state index in [0.717, 1.165) is 5.56 Å². The van der Waals surface area contributed by atoms with Crippen molar-refractivity contribution in [1.82, 2.24) is 9.55 Å². The minimum absolute atomic E-state index is 0.205. The van der Waals surface area contributed by atoms with Gasteiger partial charge in [-0.2, -0.15) is 0 Å². The molecule has 2 saturated heterocycles. The predicted octanol–water partition coefficient (Wildman–Crippen LogP) is 2.97. The van der Waals surface area contributed by atoms with E-state index in [0.29, 0.717) is 18.4 Å². The topological polar surface area (TPSA) is 131 Å². The number of ether oxygens (including phenoxy) is 2. The van der Waals surface area contributed by atoms with Crippen LogP contribution in [0.1, 0.15) is 30.2 Å². The zero-order chi connectivity index (χ0) is 28.4. The standard InChI is InChI=1S/C32H30N2O7/c1-16-14-34(32(39)33-30(16)38)31-29-26(23(15-35)40-31)27(37)28(41-29)22(36)7-3-4-17-8-9-20-11-10-18-5-2-6-19-12-13-21(17)25(20)24(18)19/h2,5-6,8-14,23,26-29,31,35,37H,3-4,7,15H2,1H3,(H,33,38,39)/t23-,26?,27-,28+,29+,31-/m1/s1. The van der Waals surface area contributed by atoms with E-state index in [-0.39, 0.29) is 12.2 Å². The van der Waals surface area contributed by atoms with Crippen molar-refractivity contribution in [3.63, 3.8) is 0 Å². The Balaban J connectivity index is 1.09. The molecule has 1 aromatic heterocycles. The summed E-state index contributed by atoms with van der Waals surface area (Å²) >= 11 is 0. The molecule has 0 amide bonds. The minimum Gasteiger partial charge on any atom is -0.394 e. The van der Waals surface area contributed by atoms with Crippen LogP contribution >= 0.6 is 0 Å².